The zero-order chi connectivity index (χ0) is 13.9. The molecule has 0 saturated heterocycles. The van der Waals surface area contributed by atoms with Crippen LogP contribution in [0.15, 0.2) is 30.3 Å². The minimum Gasteiger partial charge on any atom is -0.368 e. The molecule has 1 aromatic carbocycles. The molecule has 0 aliphatic heterocycles. The second kappa shape index (κ2) is 5.16. The molecule has 6 nitrogen and oxygen atoms in total. The summed E-state index contributed by atoms with van der Waals surface area (Å²) in [5.41, 5.74) is 0.988. The molecule has 1 N–H and O–H groups in total. The Morgan fingerprint density at radius 3 is 2.90 bits per heavy atom. The lowest BCUT2D eigenvalue weighted by Gasteiger charge is -2.06. The Morgan fingerprint density at radius 2 is 2.05 bits per heavy atom. The molecule has 0 amide bonds. The summed E-state index contributed by atoms with van der Waals surface area (Å²) < 4.78 is 27.5. The lowest BCUT2D eigenvalue weighted by atomic mass is 10.1. The van der Waals surface area contributed by atoms with Crippen molar-refractivity contribution < 1.29 is 8.78 Å². The second-order valence-corrected chi connectivity index (χ2v) is 4.16. The highest BCUT2D eigenvalue weighted by molar-refractivity contribution is 5.42. The van der Waals surface area contributed by atoms with Gasteiger partial charge in [-0.1, -0.05) is 6.07 Å². The van der Waals surface area contributed by atoms with Crippen molar-refractivity contribution in [1.29, 1.82) is 0 Å². The van der Waals surface area contributed by atoms with Crippen molar-refractivity contribution >= 4 is 11.5 Å². The van der Waals surface area contributed by atoms with Gasteiger partial charge >= 0.3 is 0 Å². The first kappa shape index (κ1) is 12.4. The van der Waals surface area contributed by atoms with Crippen LogP contribution in [0, 0.1) is 11.6 Å². The van der Waals surface area contributed by atoms with E-state index >= 15 is 0 Å². The van der Waals surface area contributed by atoms with Crippen molar-refractivity contribution in [2.75, 3.05) is 11.9 Å². The van der Waals surface area contributed by atoms with E-state index < -0.39 is 11.6 Å². The van der Waals surface area contributed by atoms with Crippen LogP contribution in [0.4, 0.5) is 14.6 Å². The molecule has 102 valence electrons. The number of aromatic nitrogens is 5. The maximum Gasteiger partial charge on any atom is 0.200 e. The van der Waals surface area contributed by atoms with Gasteiger partial charge in [-0.2, -0.15) is 0 Å². The van der Waals surface area contributed by atoms with E-state index in [1.54, 1.807) is 12.1 Å². The third-order valence-electron chi connectivity index (χ3n) is 2.79. The number of nitrogens with zero attached hydrogens (tertiary/aromatic N) is 5. The first-order valence-corrected chi connectivity index (χ1v) is 5.95. The Kier molecular flexibility index (Phi) is 3.20. The molecule has 3 aromatic rings. The number of rotatable bonds is 4. The van der Waals surface area contributed by atoms with Gasteiger partial charge < -0.3 is 5.32 Å². The molecule has 0 spiro atoms. The topological polar surface area (TPSA) is 68.0 Å². The predicted octanol–water partition coefficient (Wildman–Crippen LogP) is 1.45. The predicted molar refractivity (Wildman–Crippen MR) is 67.1 cm³/mol. The minimum absolute atomic E-state index is 0.418. The molecule has 20 heavy (non-hydrogen) atoms. The standard InChI is InChI=1S/C12H10F2N6/c13-9-2-1-8(10(14)7-9)5-6-15-11-3-4-12-16-18-19-20(12)17-11/h1-4,7H,5-6H2,(H,15,17). The van der Waals surface area contributed by atoms with Gasteiger partial charge in [0.15, 0.2) is 5.65 Å². The van der Waals surface area contributed by atoms with Gasteiger partial charge in [0, 0.05) is 12.6 Å². The number of benzene rings is 1. The number of hydrogen-bond donors (Lipinski definition) is 1. The number of fused-ring (bicyclic) bond motifs is 1. The summed E-state index contributed by atoms with van der Waals surface area (Å²) >= 11 is 0. The molecule has 0 fully saturated rings. The Hall–Kier alpha value is -2.64. The fraction of sp³-hybridized carbons (Fsp3) is 0.167. The van der Waals surface area contributed by atoms with Crippen molar-refractivity contribution in [3.8, 4) is 0 Å². The van der Waals surface area contributed by atoms with E-state index in [1.807, 2.05) is 0 Å². The molecule has 0 saturated carbocycles. The summed E-state index contributed by atoms with van der Waals surface area (Å²) in [4.78, 5) is 0. The highest BCUT2D eigenvalue weighted by Crippen LogP contribution is 2.10. The van der Waals surface area contributed by atoms with Gasteiger partial charge in [-0.05, 0) is 40.6 Å². The van der Waals surface area contributed by atoms with Gasteiger partial charge in [0.1, 0.15) is 17.5 Å². The SMILES string of the molecule is Fc1ccc(CCNc2ccc3nnnn3n2)c(F)c1. The van der Waals surface area contributed by atoms with Gasteiger partial charge in [-0.15, -0.1) is 14.8 Å². The van der Waals surface area contributed by atoms with Gasteiger partial charge in [0.25, 0.3) is 0 Å². The van der Waals surface area contributed by atoms with Crippen LogP contribution in [0.1, 0.15) is 5.56 Å². The van der Waals surface area contributed by atoms with Crippen LogP contribution in [0.25, 0.3) is 5.65 Å². The van der Waals surface area contributed by atoms with E-state index in [9.17, 15) is 8.78 Å². The van der Waals surface area contributed by atoms with Crippen LogP contribution in [-0.2, 0) is 6.42 Å². The Labute approximate surface area is 112 Å². The van der Waals surface area contributed by atoms with E-state index in [-0.39, 0.29) is 0 Å². The van der Waals surface area contributed by atoms with Crippen molar-refractivity contribution in [3.05, 3.63) is 47.5 Å². The number of tetrazole rings is 1. The van der Waals surface area contributed by atoms with E-state index in [0.717, 1.165) is 6.07 Å². The molecule has 0 aliphatic rings. The van der Waals surface area contributed by atoms with Gasteiger partial charge in [-0.3, -0.25) is 0 Å². The van der Waals surface area contributed by atoms with E-state index in [2.05, 4.69) is 25.9 Å². The quantitative estimate of drug-likeness (QED) is 0.781. The molecule has 0 atom stereocenters. The summed E-state index contributed by atoms with van der Waals surface area (Å²) in [6.45, 7) is 0.461. The molecular formula is C12H10F2N6. The number of hydrogen-bond acceptors (Lipinski definition) is 5. The van der Waals surface area contributed by atoms with Crippen LogP contribution in [0.5, 0.6) is 0 Å². The van der Waals surface area contributed by atoms with E-state index in [0.29, 0.717) is 30.0 Å². The maximum atomic E-state index is 13.4. The lowest BCUT2D eigenvalue weighted by molar-refractivity contribution is 0.572. The fourth-order valence-electron chi connectivity index (χ4n) is 1.79. The van der Waals surface area contributed by atoms with Crippen LogP contribution in [0.2, 0.25) is 0 Å². The van der Waals surface area contributed by atoms with Crippen LogP contribution in [0.3, 0.4) is 0 Å². The average Bonchev–Trinajstić information content (AvgIpc) is 2.89. The first-order valence-electron chi connectivity index (χ1n) is 5.95. The zero-order valence-electron chi connectivity index (χ0n) is 10.3. The average molecular weight is 276 g/mol. The molecule has 8 heteroatoms. The number of anilines is 1. The normalized spacial score (nSPS) is 10.9. The molecule has 3 rings (SSSR count). The van der Waals surface area contributed by atoms with Crippen molar-refractivity contribution in [1.82, 2.24) is 25.3 Å². The Balaban J connectivity index is 1.64. The highest BCUT2D eigenvalue weighted by atomic mass is 19.1. The molecule has 2 aromatic heterocycles. The summed E-state index contributed by atoms with van der Waals surface area (Å²) in [7, 11) is 0. The van der Waals surface area contributed by atoms with Crippen LogP contribution < -0.4 is 5.32 Å². The zero-order valence-corrected chi connectivity index (χ0v) is 10.3. The number of halogens is 2. The van der Waals surface area contributed by atoms with E-state index in [4.69, 9.17) is 0 Å². The lowest BCUT2D eigenvalue weighted by Crippen LogP contribution is -2.09. The molecule has 2 heterocycles. The third-order valence-corrected chi connectivity index (χ3v) is 2.79. The van der Waals surface area contributed by atoms with Gasteiger partial charge in [0.05, 0.1) is 0 Å². The second-order valence-electron chi connectivity index (χ2n) is 4.16. The van der Waals surface area contributed by atoms with Crippen LogP contribution >= 0.6 is 0 Å². The molecule has 0 unspecified atom stereocenters. The monoisotopic (exact) mass is 276 g/mol. The highest BCUT2D eigenvalue weighted by Gasteiger charge is 2.04. The van der Waals surface area contributed by atoms with Crippen molar-refractivity contribution in [2.24, 2.45) is 0 Å². The van der Waals surface area contributed by atoms with E-state index in [1.165, 1.54) is 16.8 Å². The Morgan fingerprint density at radius 1 is 1.15 bits per heavy atom. The van der Waals surface area contributed by atoms with Crippen LogP contribution in [-0.4, -0.2) is 31.8 Å². The Bertz CT molecular complexity index is 742. The molecule has 0 bridgehead atoms. The minimum atomic E-state index is -0.579. The first-order chi connectivity index (χ1) is 9.72. The van der Waals surface area contributed by atoms with Crippen molar-refractivity contribution in [2.45, 2.75) is 6.42 Å². The molecule has 0 radical (unpaired) electrons. The largest absolute Gasteiger partial charge is 0.368 e. The summed E-state index contributed by atoms with van der Waals surface area (Å²) in [6, 6.07) is 7.00. The number of nitrogens with one attached hydrogen (secondary N) is 1. The summed E-state index contributed by atoms with van der Waals surface area (Å²) in [5.74, 6) is -0.548. The van der Waals surface area contributed by atoms with Gasteiger partial charge in [0.2, 0.25) is 0 Å². The maximum absolute atomic E-state index is 13.4. The van der Waals surface area contributed by atoms with Gasteiger partial charge in [-0.25, -0.2) is 8.78 Å². The molecule has 0 aliphatic carbocycles. The molecular weight excluding hydrogens is 266 g/mol. The summed E-state index contributed by atoms with van der Waals surface area (Å²) in [6.07, 6.45) is 0.418. The smallest absolute Gasteiger partial charge is 0.200 e. The summed E-state index contributed by atoms with van der Waals surface area (Å²) in [5, 5.41) is 18.0. The van der Waals surface area contributed by atoms with Crippen molar-refractivity contribution in [3.63, 3.8) is 0 Å². The fourth-order valence-corrected chi connectivity index (χ4v) is 1.79. The third kappa shape index (κ3) is 2.53.